The van der Waals surface area contributed by atoms with Crippen LogP contribution in [-0.4, -0.2) is 27.9 Å². The van der Waals surface area contributed by atoms with Gasteiger partial charge in [-0.05, 0) is 24.1 Å². The molecular weight excluding hydrogens is 262 g/mol. The molecule has 0 aliphatic heterocycles. The summed E-state index contributed by atoms with van der Waals surface area (Å²) in [6.07, 6.45) is -0.828. The average Bonchev–Trinajstić information content (AvgIpc) is 2.85. The lowest BCUT2D eigenvalue weighted by Crippen LogP contribution is -2.24. The number of aromatic amines is 1. The van der Waals surface area contributed by atoms with Crippen molar-refractivity contribution in [3.8, 4) is 0 Å². The molecule has 21 heavy (non-hydrogen) atoms. The molecule has 2 atom stereocenters. The van der Waals surface area contributed by atoms with E-state index in [4.69, 9.17) is 0 Å². The minimum atomic E-state index is -0.828. The molecule has 1 heterocycles. The van der Waals surface area contributed by atoms with Crippen LogP contribution in [0.15, 0.2) is 54.6 Å². The van der Waals surface area contributed by atoms with Gasteiger partial charge in [-0.25, -0.2) is 0 Å². The zero-order chi connectivity index (χ0) is 14.8. The van der Waals surface area contributed by atoms with Crippen LogP contribution in [0.2, 0.25) is 0 Å². The molecule has 1 aromatic heterocycles. The van der Waals surface area contributed by atoms with E-state index in [-0.39, 0.29) is 12.5 Å². The molecule has 3 rings (SSSR count). The summed E-state index contributed by atoms with van der Waals surface area (Å²) in [5.74, 6) is -0.243. The minimum absolute atomic E-state index is 0.243. The van der Waals surface area contributed by atoms with E-state index < -0.39 is 6.10 Å². The van der Waals surface area contributed by atoms with E-state index in [0.29, 0.717) is 0 Å². The van der Waals surface area contributed by atoms with Gasteiger partial charge in [-0.15, -0.1) is 0 Å². The summed E-state index contributed by atoms with van der Waals surface area (Å²) in [7, 11) is 0. The van der Waals surface area contributed by atoms with E-state index in [0.717, 1.165) is 27.7 Å². The van der Waals surface area contributed by atoms with Crippen LogP contribution in [-0.2, 0) is 0 Å². The Kier molecular flexibility index (Phi) is 3.78. The van der Waals surface area contributed by atoms with Crippen LogP contribution < -0.4 is 0 Å². The zero-order valence-corrected chi connectivity index (χ0v) is 12.0. The molecule has 2 aromatic carbocycles. The van der Waals surface area contributed by atoms with E-state index in [1.807, 2.05) is 61.5 Å². The van der Waals surface area contributed by atoms with Crippen molar-refractivity contribution in [1.82, 2.24) is 4.98 Å². The standard InChI is InChI=1S/C18H19NO2/c1-12-17(14-9-5-6-10-15(14)19-12)18(16(21)11-20)13-7-3-2-4-8-13/h2-10,16,18-21H,11H2,1H3/t16-,18+/m0/s1. The summed E-state index contributed by atoms with van der Waals surface area (Å²) in [6, 6.07) is 17.9. The Morgan fingerprint density at radius 1 is 1.00 bits per heavy atom. The molecule has 3 N–H and O–H groups in total. The Bertz CT molecular complexity index is 733. The van der Waals surface area contributed by atoms with Gasteiger partial charge >= 0.3 is 0 Å². The van der Waals surface area contributed by atoms with Crippen LogP contribution in [0.3, 0.4) is 0 Å². The van der Waals surface area contributed by atoms with Crippen LogP contribution in [0.25, 0.3) is 10.9 Å². The number of hydrogen-bond donors (Lipinski definition) is 3. The number of aliphatic hydroxyl groups excluding tert-OH is 2. The summed E-state index contributed by atoms with van der Waals surface area (Å²) in [5, 5.41) is 20.9. The van der Waals surface area contributed by atoms with Crippen LogP contribution in [0.5, 0.6) is 0 Å². The molecule has 0 aliphatic rings. The first-order valence-corrected chi connectivity index (χ1v) is 7.13. The molecule has 0 bridgehead atoms. The lowest BCUT2D eigenvalue weighted by molar-refractivity contribution is 0.0825. The smallest absolute Gasteiger partial charge is 0.0880 e. The van der Waals surface area contributed by atoms with E-state index in [1.54, 1.807) is 0 Å². The summed E-state index contributed by atoms with van der Waals surface area (Å²) >= 11 is 0. The first-order valence-electron chi connectivity index (χ1n) is 7.13. The highest BCUT2D eigenvalue weighted by atomic mass is 16.3. The molecule has 0 spiro atoms. The lowest BCUT2D eigenvalue weighted by Gasteiger charge is -2.23. The molecule has 3 aromatic rings. The van der Waals surface area contributed by atoms with Crippen LogP contribution in [0.1, 0.15) is 22.7 Å². The Balaban J connectivity index is 2.22. The predicted octanol–water partition coefficient (Wildman–Crippen LogP) is 2.96. The Labute approximate surface area is 123 Å². The Hall–Kier alpha value is -2.10. The summed E-state index contributed by atoms with van der Waals surface area (Å²) < 4.78 is 0. The fraction of sp³-hybridized carbons (Fsp3) is 0.222. The fourth-order valence-electron chi connectivity index (χ4n) is 3.05. The number of benzene rings is 2. The lowest BCUT2D eigenvalue weighted by atomic mass is 9.85. The highest BCUT2D eigenvalue weighted by molar-refractivity contribution is 5.85. The molecular formula is C18H19NO2. The highest BCUT2D eigenvalue weighted by Crippen LogP contribution is 2.35. The van der Waals surface area contributed by atoms with Crippen LogP contribution >= 0.6 is 0 Å². The molecule has 108 valence electrons. The number of aryl methyl sites for hydroxylation is 1. The number of H-pyrrole nitrogens is 1. The SMILES string of the molecule is Cc1[nH]c2ccccc2c1[C@H](c1ccccc1)[C@@H](O)CO. The van der Waals surface area contributed by atoms with Gasteiger partial charge in [-0.1, -0.05) is 48.5 Å². The van der Waals surface area contributed by atoms with E-state index in [9.17, 15) is 10.2 Å². The van der Waals surface area contributed by atoms with Crippen molar-refractivity contribution in [2.75, 3.05) is 6.61 Å². The van der Waals surface area contributed by atoms with Crippen LogP contribution in [0, 0.1) is 6.92 Å². The predicted molar refractivity (Wildman–Crippen MR) is 84.4 cm³/mol. The first kappa shape index (κ1) is 13.9. The Morgan fingerprint density at radius 2 is 1.67 bits per heavy atom. The summed E-state index contributed by atoms with van der Waals surface area (Å²) in [4.78, 5) is 3.36. The van der Waals surface area contributed by atoms with Gasteiger partial charge in [-0.2, -0.15) is 0 Å². The van der Waals surface area contributed by atoms with Crippen molar-refractivity contribution in [2.45, 2.75) is 18.9 Å². The second-order valence-electron chi connectivity index (χ2n) is 5.35. The van der Waals surface area contributed by atoms with Crippen molar-refractivity contribution in [3.63, 3.8) is 0 Å². The number of hydrogen-bond acceptors (Lipinski definition) is 2. The molecule has 0 amide bonds. The van der Waals surface area contributed by atoms with E-state index in [1.165, 1.54) is 0 Å². The van der Waals surface area contributed by atoms with Crippen molar-refractivity contribution in [3.05, 3.63) is 71.4 Å². The summed E-state index contributed by atoms with van der Waals surface area (Å²) in [5.41, 5.74) is 4.14. The monoisotopic (exact) mass is 281 g/mol. The van der Waals surface area contributed by atoms with Gasteiger partial charge < -0.3 is 15.2 Å². The van der Waals surface area contributed by atoms with Crippen molar-refractivity contribution >= 4 is 10.9 Å². The van der Waals surface area contributed by atoms with Gasteiger partial charge in [0.2, 0.25) is 0 Å². The molecule has 3 nitrogen and oxygen atoms in total. The fourth-order valence-corrected chi connectivity index (χ4v) is 3.05. The molecule has 0 fully saturated rings. The van der Waals surface area contributed by atoms with Gasteiger partial charge in [0.15, 0.2) is 0 Å². The molecule has 0 unspecified atom stereocenters. The molecule has 0 saturated carbocycles. The van der Waals surface area contributed by atoms with Crippen molar-refractivity contribution in [2.24, 2.45) is 0 Å². The number of nitrogens with one attached hydrogen (secondary N) is 1. The maximum absolute atomic E-state index is 10.4. The largest absolute Gasteiger partial charge is 0.394 e. The second-order valence-corrected chi connectivity index (χ2v) is 5.35. The maximum Gasteiger partial charge on any atom is 0.0880 e. The first-order chi connectivity index (χ1) is 10.2. The number of para-hydroxylation sites is 1. The van der Waals surface area contributed by atoms with Crippen molar-refractivity contribution in [1.29, 1.82) is 0 Å². The second kappa shape index (κ2) is 5.72. The van der Waals surface area contributed by atoms with Gasteiger partial charge in [-0.3, -0.25) is 0 Å². The summed E-state index contributed by atoms with van der Waals surface area (Å²) in [6.45, 7) is 1.74. The number of aromatic nitrogens is 1. The molecule has 0 saturated heterocycles. The van der Waals surface area contributed by atoms with Crippen molar-refractivity contribution < 1.29 is 10.2 Å². The quantitative estimate of drug-likeness (QED) is 0.688. The third-order valence-electron chi connectivity index (χ3n) is 3.98. The van der Waals surface area contributed by atoms with Gasteiger partial charge in [0.05, 0.1) is 12.7 Å². The Morgan fingerprint density at radius 3 is 2.38 bits per heavy atom. The zero-order valence-electron chi connectivity index (χ0n) is 12.0. The topological polar surface area (TPSA) is 56.2 Å². The van der Waals surface area contributed by atoms with Gasteiger partial charge in [0.25, 0.3) is 0 Å². The van der Waals surface area contributed by atoms with Gasteiger partial charge in [0, 0.05) is 22.5 Å². The number of fused-ring (bicyclic) bond motifs is 1. The van der Waals surface area contributed by atoms with E-state index >= 15 is 0 Å². The third kappa shape index (κ3) is 2.46. The maximum atomic E-state index is 10.4. The highest BCUT2D eigenvalue weighted by Gasteiger charge is 2.26. The molecule has 0 radical (unpaired) electrons. The number of aliphatic hydroxyl groups is 2. The number of rotatable bonds is 4. The third-order valence-corrected chi connectivity index (χ3v) is 3.98. The normalized spacial score (nSPS) is 14.2. The molecule has 0 aliphatic carbocycles. The van der Waals surface area contributed by atoms with E-state index in [2.05, 4.69) is 4.98 Å². The van der Waals surface area contributed by atoms with Gasteiger partial charge in [0.1, 0.15) is 0 Å². The minimum Gasteiger partial charge on any atom is -0.394 e. The average molecular weight is 281 g/mol. The van der Waals surface area contributed by atoms with Crippen LogP contribution in [0.4, 0.5) is 0 Å². The molecule has 3 heteroatoms.